The molecular formula is C18H21ClN2O4. The van der Waals surface area contributed by atoms with E-state index in [9.17, 15) is 9.59 Å². The first-order valence-corrected chi connectivity index (χ1v) is 8.68. The van der Waals surface area contributed by atoms with Crippen molar-refractivity contribution in [2.45, 2.75) is 13.8 Å². The number of nitrogens with zero attached hydrogens (tertiary/aromatic N) is 2. The minimum absolute atomic E-state index is 0.0158. The van der Waals surface area contributed by atoms with E-state index < -0.39 is 0 Å². The topological polar surface area (TPSA) is 59.1 Å². The van der Waals surface area contributed by atoms with Gasteiger partial charge in [-0.15, -0.1) is 0 Å². The Kier molecular flexibility index (Phi) is 5.18. The third-order valence-electron chi connectivity index (χ3n) is 4.26. The molecule has 3 rings (SSSR count). The number of halogens is 1. The highest BCUT2D eigenvalue weighted by molar-refractivity contribution is 6.32. The predicted octanol–water partition coefficient (Wildman–Crippen LogP) is 2.41. The van der Waals surface area contributed by atoms with E-state index in [2.05, 4.69) is 0 Å². The molecule has 2 heterocycles. The van der Waals surface area contributed by atoms with Crippen LogP contribution in [-0.4, -0.2) is 54.6 Å². The van der Waals surface area contributed by atoms with Gasteiger partial charge < -0.3 is 19.3 Å². The molecule has 0 aromatic heterocycles. The molecular weight excluding hydrogens is 344 g/mol. The number of fused-ring (bicyclic) bond motifs is 1. The minimum Gasteiger partial charge on any atom is -0.454 e. The lowest BCUT2D eigenvalue weighted by Gasteiger charge is -2.35. The number of carbonyl (C=O) groups is 2. The maximum Gasteiger partial charge on any atom is 0.246 e. The Labute approximate surface area is 151 Å². The highest BCUT2D eigenvalue weighted by Crippen LogP contribution is 2.40. The Morgan fingerprint density at radius 3 is 2.48 bits per heavy atom. The summed E-state index contributed by atoms with van der Waals surface area (Å²) >= 11 is 6.14. The third kappa shape index (κ3) is 3.90. The molecule has 0 N–H and O–H groups in total. The summed E-state index contributed by atoms with van der Waals surface area (Å²) in [4.78, 5) is 27.9. The molecule has 6 nitrogen and oxygen atoms in total. The molecule has 0 bridgehead atoms. The first kappa shape index (κ1) is 17.6. The summed E-state index contributed by atoms with van der Waals surface area (Å²) in [6.45, 7) is 6.17. The molecule has 0 atom stereocenters. The van der Waals surface area contributed by atoms with Crippen molar-refractivity contribution < 1.29 is 19.1 Å². The van der Waals surface area contributed by atoms with E-state index in [-0.39, 0.29) is 24.5 Å². The average molecular weight is 365 g/mol. The molecule has 7 heteroatoms. The lowest BCUT2D eigenvalue weighted by Crippen LogP contribution is -2.51. The van der Waals surface area contributed by atoms with Crippen molar-refractivity contribution in [2.24, 2.45) is 5.92 Å². The summed E-state index contributed by atoms with van der Waals surface area (Å²) in [5.41, 5.74) is 0.774. The number of rotatable bonds is 3. The number of carbonyl (C=O) groups excluding carboxylic acids is 2. The molecule has 2 amide bonds. The van der Waals surface area contributed by atoms with Gasteiger partial charge in [0.1, 0.15) is 0 Å². The summed E-state index contributed by atoms with van der Waals surface area (Å²) in [6.07, 6.45) is 3.23. The summed E-state index contributed by atoms with van der Waals surface area (Å²) in [5.74, 6) is 1.16. The molecule has 1 saturated heterocycles. The molecule has 0 spiro atoms. The van der Waals surface area contributed by atoms with Crippen molar-refractivity contribution in [3.63, 3.8) is 0 Å². The molecule has 2 aliphatic heterocycles. The van der Waals surface area contributed by atoms with Gasteiger partial charge >= 0.3 is 0 Å². The summed E-state index contributed by atoms with van der Waals surface area (Å²) in [7, 11) is 0. The molecule has 2 aliphatic rings. The number of piperazine rings is 1. The Morgan fingerprint density at radius 2 is 1.80 bits per heavy atom. The van der Waals surface area contributed by atoms with Gasteiger partial charge in [-0.25, -0.2) is 0 Å². The molecule has 25 heavy (non-hydrogen) atoms. The van der Waals surface area contributed by atoms with Crippen LogP contribution in [0.5, 0.6) is 11.5 Å². The lowest BCUT2D eigenvalue weighted by molar-refractivity contribution is -0.139. The number of ether oxygens (including phenoxy) is 2. The molecule has 0 unspecified atom stereocenters. The van der Waals surface area contributed by atoms with Crippen LogP contribution in [0.25, 0.3) is 6.08 Å². The van der Waals surface area contributed by atoms with E-state index in [1.54, 1.807) is 23.1 Å². The van der Waals surface area contributed by atoms with Crippen molar-refractivity contribution >= 4 is 29.5 Å². The van der Waals surface area contributed by atoms with Crippen LogP contribution in [-0.2, 0) is 9.59 Å². The van der Waals surface area contributed by atoms with Crippen LogP contribution < -0.4 is 9.47 Å². The number of hydrogen-bond donors (Lipinski definition) is 0. The summed E-state index contributed by atoms with van der Waals surface area (Å²) < 4.78 is 10.6. The zero-order valence-corrected chi connectivity index (χ0v) is 15.1. The quantitative estimate of drug-likeness (QED) is 0.773. The van der Waals surface area contributed by atoms with Crippen molar-refractivity contribution in [2.75, 3.05) is 33.0 Å². The predicted molar refractivity (Wildman–Crippen MR) is 94.6 cm³/mol. The van der Waals surface area contributed by atoms with Crippen molar-refractivity contribution in [3.8, 4) is 11.5 Å². The number of amides is 2. The van der Waals surface area contributed by atoms with Crippen LogP contribution in [0.2, 0.25) is 5.02 Å². The Hall–Kier alpha value is -2.21. The molecule has 1 aromatic rings. The lowest BCUT2D eigenvalue weighted by atomic mass is 10.1. The van der Waals surface area contributed by atoms with Crippen molar-refractivity contribution in [1.29, 1.82) is 0 Å². The Balaban J connectivity index is 1.59. The van der Waals surface area contributed by atoms with E-state index >= 15 is 0 Å². The smallest absolute Gasteiger partial charge is 0.246 e. The summed E-state index contributed by atoms with van der Waals surface area (Å²) in [5, 5.41) is 0.461. The fraction of sp³-hybridized carbons (Fsp3) is 0.444. The maximum absolute atomic E-state index is 12.3. The van der Waals surface area contributed by atoms with E-state index in [1.165, 1.54) is 6.08 Å². The maximum atomic E-state index is 12.3. The molecule has 0 saturated carbocycles. The van der Waals surface area contributed by atoms with E-state index in [0.717, 1.165) is 5.56 Å². The molecule has 1 fully saturated rings. The highest BCUT2D eigenvalue weighted by atomic mass is 35.5. The van der Waals surface area contributed by atoms with Crippen molar-refractivity contribution in [1.82, 2.24) is 9.80 Å². The standard InChI is InChI=1S/C18H21ClN2O4/c1-12(2)18(23)21-7-5-20(6-8-21)16(22)4-3-13-9-14(19)17-15(10-13)24-11-25-17/h3-4,9-10,12H,5-8,11H2,1-2H3/b4-3-. The normalized spacial score (nSPS) is 16.8. The summed E-state index contributed by atoms with van der Waals surface area (Å²) in [6, 6.07) is 3.52. The van der Waals surface area contributed by atoms with Crippen LogP contribution in [0.1, 0.15) is 19.4 Å². The van der Waals surface area contributed by atoms with Gasteiger partial charge in [0.2, 0.25) is 18.6 Å². The van der Waals surface area contributed by atoms with Crippen molar-refractivity contribution in [3.05, 3.63) is 28.8 Å². The monoisotopic (exact) mass is 364 g/mol. The van der Waals surface area contributed by atoms with Crippen LogP contribution >= 0.6 is 11.6 Å². The zero-order valence-electron chi connectivity index (χ0n) is 14.3. The number of benzene rings is 1. The SMILES string of the molecule is CC(C)C(=O)N1CCN(C(=O)/C=C\c2cc(Cl)c3c(c2)OCO3)CC1. The minimum atomic E-state index is -0.0783. The van der Waals surface area contributed by atoms with E-state index in [1.807, 2.05) is 18.7 Å². The van der Waals surface area contributed by atoms with Gasteiger partial charge in [-0.1, -0.05) is 25.4 Å². The molecule has 1 aromatic carbocycles. The van der Waals surface area contributed by atoms with Gasteiger partial charge in [0.25, 0.3) is 0 Å². The second-order valence-corrected chi connectivity index (χ2v) is 6.78. The second kappa shape index (κ2) is 7.35. The average Bonchev–Trinajstić information content (AvgIpc) is 3.08. The Bertz CT molecular complexity index is 709. The molecule has 0 radical (unpaired) electrons. The highest BCUT2D eigenvalue weighted by Gasteiger charge is 2.24. The van der Waals surface area contributed by atoms with Gasteiger partial charge in [-0.2, -0.15) is 0 Å². The van der Waals surface area contributed by atoms with Gasteiger partial charge in [0.15, 0.2) is 11.5 Å². The fourth-order valence-electron chi connectivity index (χ4n) is 2.87. The van der Waals surface area contributed by atoms with Gasteiger partial charge in [0.05, 0.1) is 5.02 Å². The fourth-order valence-corrected chi connectivity index (χ4v) is 3.14. The first-order chi connectivity index (χ1) is 12.0. The largest absolute Gasteiger partial charge is 0.454 e. The number of hydrogen-bond acceptors (Lipinski definition) is 4. The second-order valence-electron chi connectivity index (χ2n) is 6.38. The van der Waals surface area contributed by atoms with E-state index in [0.29, 0.717) is 42.7 Å². The molecule has 0 aliphatic carbocycles. The third-order valence-corrected chi connectivity index (χ3v) is 4.55. The van der Waals surface area contributed by atoms with Crippen LogP contribution in [0.3, 0.4) is 0 Å². The van der Waals surface area contributed by atoms with E-state index in [4.69, 9.17) is 21.1 Å². The van der Waals surface area contributed by atoms with Crippen LogP contribution in [0.4, 0.5) is 0 Å². The van der Waals surface area contributed by atoms with Crippen LogP contribution in [0.15, 0.2) is 18.2 Å². The Morgan fingerprint density at radius 1 is 1.12 bits per heavy atom. The van der Waals surface area contributed by atoms with Gasteiger partial charge in [-0.05, 0) is 23.8 Å². The van der Waals surface area contributed by atoms with Gasteiger partial charge in [-0.3, -0.25) is 9.59 Å². The molecule has 134 valence electrons. The first-order valence-electron chi connectivity index (χ1n) is 8.30. The van der Waals surface area contributed by atoms with Gasteiger partial charge in [0, 0.05) is 38.2 Å². The van der Waals surface area contributed by atoms with Crippen LogP contribution in [0, 0.1) is 5.92 Å². The zero-order chi connectivity index (χ0) is 18.0.